The van der Waals surface area contributed by atoms with Crippen molar-refractivity contribution in [3.63, 3.8) is 0 Å². The van der Waals surface area contributed by atoms with Crippen LogP contribution in [0.25, 0.3) is 0 Å². The molecule has 9 nitrogen and oxygen atoms in total. The molecule has 1 saturated heterocycles. The third-order valence-electron chi connectivity index (χ3n) is 5.81. The van der Waals surface area contributed by atoms with Gasteiger partial charge in [-0.2, -0.15) is 0 Å². The molecule has 0 saturated carbocycles. The second kappa shape index (κ2) is 8.33. The standard InChI is InChI=1S/C23H23N3O6/c1-14(26-22(31)18-5-2-3-6-19(18)23(26)32)20(29)24-7-4-8-25(10-9-24)21(30)15-11-16(27)13-17(28)12-15/h2-3,5-6,11-14,27-28H,4,7-10H2,1H3. The number of fused-ring (bicyclic) bond motifs is 1. The number of hydrogen-bond acceptors (Lipinski definition) is 6. The van der Waals surface area contributed by atoms with E-state index < -0.39 is 17.9 Å². The number of benzene rings is 2. The lowest BCUT2D eigenvalue weighted by atomic mass is 10.1. The second-order valence-corrected chi connectivity index (χ2v) is 7.91. The number of aromatic hydroxyl groups is 2. The van der Waals surface area contributed by atoms with Crippen molar-refractivity contribution in [1.82, 2.24) is 14.7 Å². The zero-order chi connectivity index (χ0) is 23.0. The zero-order valence-corrected chi connectivity index (χ0v) is 17.5. The summed E-state index contributed by atoms with van der Waals surface area (Å²) in [6.45, 7) is 2.79. The van der Waals surface area contributed by atoms with Gasteiger partial charge in [0.25, 0.3) is 17.7 Å². The SMILES string of the molecule is CC(C(=O)N1CCCN(C(=O)c2cc(O)cc(O)c2)CC1)N1C(=O)c2ccccc2C1=O. The van der Waals surface area contributed by atoms with Crippen molar-refractivity contribution in [3.05, 3.63) is 59.2 Å². The average molecular weight is 437 g/mol. The lowest BCUT2D eigenvalue weighted by Crippen LogP contribution is -2.50. The van der Waals surface area contributed by atoms with E-state index in [0.29, 0.717) is 30.6 Å². The first kappa shape index (κ1) is 21.4. The Balaban J connectivity index is 1.44. The molecule has 32 heavy (non-hydrogen) atoms. The van der Waals surface area contributed by atoms with Crippen LogP contribution in [0.1, 0.15) is 44.4 Å². The maximum Gasteiger partial charge on any atom is 0.262 e. The van der Waals surface area contributed by atoms with Gasteiger partial charge in [0.05, 0.1) is 11.1 Å². The lowest BCUT2D eigenvalue weighted by molar-refractivity contribution is -0.134. The van der Waals surface area contributed by atoms with Gasteiger partial charge in [-0.1, -0.05) is 12.1 Å². The van der Waals surface area contributed by atoms with Gasteiger partial charge in [0.1, 0.15) is 17.5 Å². The Hall–Kier alpha value is -3.88. The molecule has 1 unspecified atom stereocenters. The minimum atomic E-state index is -0.965. The number of carbonyl (C=O) groups excluding carboxylic acids is 4. The van der Waals surface area contributed by atoms with Crippen molar-refractivity contribution in [2.75, 3.05) is 26.2 Å². The van der Waals surface area contributed by atoms with E-state index in [1.807, 2.05) is 0 Å². The van der Waals surface area contributed by atoms with Crippen LogP contribution in [0.3, 0.4) is 0 Å². The zero-order valence-electron chi connectivity index (χ0n) is 17.5. The minimum absolute atomic E-state index is 0.154. The number of nitrogens with zero attached hydrogens (tertiary/aromatic N) is 3. The monoisotopic (exact) mass is 437 g/mol. The van der Waals surface area contributed by atoms with Crippen LogP contribution in [0.2, 0.25) is 0 Å². The fourth-order valence-corrected chi connectivity index (χ4v) is 4.18. The Morgan fingerprint density at radius 1 is 0.844 bits per heavy atom. The molecule has 0 radical (unpaired) electrons. The maximum atomic E-state index is 13.1. The van der Waals surface area contributed by atoms with Crippen molar-refractivity contribution in [3.8, 4) is 11.5 Å². The first-order valence-corrected chi connectivity index (χ1v) is 10.4. The molecule has 0 aliphatic carbocycles. The van der Waals surface area contributed by atoms with Gasteiger partial charge in [0.2, 0.25) is 5.91 Å². The summed E-state index contributed by atoms with van der Waals surface area (Å²) in [6.07, 6.45) is 0.511. The predicted molar refractivity (Wildman–Crippen MR) is 113 cm³/mol. The highest BCUT2D eigenvalue weighted by atomic mass is 16.3. The summed E-state index contributed by atoms with van der Waals surface area (Å²) in [5, 5.41) is 19.3. The highest BCUT2D eigenvalue weighted by Gasteiger charge is 2.42. The van der Waals surface area contributed by atoms with Crippen LogP contribution in [-0.4, -0.2) is 80.8 Å². The van der Waals surface area contributed by atoms with Crippen molar-refractivity contribution in [2.24, 2.45) is 0 Å². The lowest BCUT2D eigenvalue weighted by Gasteiger charge is -2.28. The fraction of sp³-hybridized carbons (Fsp3) is 0.304. The maximum absolute atomic E-state index is 13.1. The van der Waals surface area contributed by atoms with Gasteiger partial charge in [0.15, 0.2) is 0 Å². The van der Waals surface area contributed by atoms with Gasteiger partial charge < -0.3 is 20.0 Å². The summed E-state index contributed by atoms with van der Waals surface area (Å²) < 4.78 is 0. The fourth-order valence-electron chi connectivity index (χ4n) is 4.18. The molecule has 0 bridgehead atoms. The van der Waals surface area contributed by atoms with Gasteiger partial charge >= 0.3 is 0 Å². The average Bonchev–Trinajstić information content (AvgIpc) is 2.92. The van der Waals surface area contributed by atoms with Gasteiger partial charge in [-0.05, 0) is 37.6 Å². The molecule has 2 aliphatic rings. The Kier molecular flexibility index (Phi) is 5.56. The van der Waals surface area contributed by atoms with Gasteiger partial charge in [0, 0.05) is 37.8 Å². The molecule has 2 aliphatic heterocycles. The molecule has 2 aromatic carbocycles. The van der Waals surface area contributed by atoms with E-state index in [9.17, 15) is 29.4 Å². The molecule has 1 atom stereocenters. The molecule has 4 rings (SSSR count). The van der Waals surface area contributed by atoms with Crippen molar-refractivity contribution < 1.29 is 29.4 Å². The van der Waals surface area contributed by atoms with E-state index in [1.165, 1.54) is 19.1 Å². The van der Waals surface area contributed by atoms with E-state index in [-0.39, 0.29) is 42.0 Å². The Morgan fingerprint density at radius 3 is 1.97 bits per heavy atom. The summed E-state index contributed by atoms with van der Waals surface area (Å²) in [7, 11) is 0. The Morgan fingerprint density at radius 2 is 1.38 bits per heavy atom. The van der Waals surface area contributed by atoms with Crippen LogP contribution in [0, 0.1) is 0 Å². The van der Waals surface area contributed by atoms with Crippen LogP contribution in [-0.2, 0) is 4.79 Å². The number of phenolic OH excluding ortho intramolecular Hbond substituents is 2. The third-order valence-corrected chi connectivity index (χ3v) is 5.81. The molecule has 2 N–H and O–H groups in total. The van der Waals surface area contributed by atoms with Crippen LogP contribution in [0.4, 0.5) is 0 Å². The summed E-state index contributed by atoms with van der Waals surface area (Å²) in [5.74, 6) is -2.12. The Labute approximate surface area is 184 Å². The van der Waals surface area contributed by atoms with Gasteiger partial charge in [-0.3, -0.25) is 24.1 Å². The van der Waals surface area contributed by atoms with Gasteiger partial charge in [-0.25, -0.2) is 0 Å². The van der Waals surface area contributed by atoms with Gasteiger partial charge in [-0.15, -0.1) is 0 Å². The molecule has 4 amide bonds. The summed E-state index contributed by atoms with van der Waals surface area (Å²) >= 11 is 0. The first-order valence-electron chi connectivity index (χ1n) is 10.4. The van der Waals surface area contributed by atoms with E-state index in [1.54, 1.807) is 34.1 Å². The van der Waals surface area contributed by atoms with Crippen molar-refractivity contribution in [1.29, 1.82) is 0 Å². The molecule has 2 heterocycles. The van der Waals surface area contributed by atoms with Crippen LogP contribution >= 0.6 is 0 Å². The highest BCUT2D eigenvalue weighted by molar-refractivity contribution is 6.22. The number of phenols is 2. The first-order chi connectivity index (χ1) is 15.3. The normalized spacial score (nSPS) is 17.2. The number of amides is 4. The minimum Gasteiger partial charge on any atom is -0.508 e. The molecule has 0 aromatic heterocycles. The number of carbonyl (C=O) groups is 4. The van der Waals surface area contributed by atoms with E-state index in [0.717, 1.165) is 11.0 Å². The number of hydrogen-bond donors (Lipinski definition) is 2. The van der Waals surface area contributed by atoms with E-state index in [2.05, 4.69) is 0 Å². The summed E-state index contributed by atoms with van der Waals surface area (Å²) in [6, 6.07) is 9.22. The largest absolute Gasteiger partial charge is 0.508 e. The molecular weight excluding hydrogens is 414 g/mol. The van der Waals surface area contributed by atoms with Crippen molar-refractivity contribution >= 4 is 23.6 Å². The molecular formula is C23H23N3O6. The predicted octanol–water partition coefficient (Wildman–Crippen LogP) is 1.46. The smallest absolute Gasteiger partial charge is 0.262 e. The van der Waals surface area contributed by atoms with Crippen LogP contribution < -0.4 is 0 Å². The second-order valence-electron chi connectivity index (χ2n) is 7.91. The quantitative estimate of drug-likeness (QED) is 0.702. The van der Waals surface area contributed by atoms with Crippen LogP contribution in [0.5, 0.6) is 11.5 Å². The van der Waals surface area contributed by atoms with Crippen molar-refractivity contribution in [2.45, 2.75) is 19.4 Å². The van der Waals surface area contributed by atoms with E-state index in [4.69, 9.17) is 0 Å². The molecule has 9 heteroatoms. The third kappa shape index (κ3) is 3.77. The summed E-state index contributed by atoms with van der Waals surface area (Å²) in [4.78, 5) is 55.4. The molecule has 2 aromatic rings. The molecule has 166 valence electrons. The van der Waals surface area contributed by atoms with Crippen LogP contribution in [0.15, 0.2) is 42.5 Å². The molecule has 0 spiro atoms. The molecule has 1 fully saturated rings. The number of rotatable bonds is 3. The Bertz CT molecular complexity index is 1060. The number of imide groups is 1. The topological polar surface area (TPSA) is 118 Å². The summed E-state index contributed by atoms with van der Waals surface area (Å²) in [5.41, 5.74) is 0.736. The highest BCUT2D eigenvalue weighted by Crippen LogP contribution is 2.26. The van der Waals surface area contributed by atoms with E-state index >= 15 is 0 Å².